The number of benzene rings is 2. The van der Waals surface area contributed by atoms with Crippen molar-refractivity contribution < 1.29 is 16.8 Å². The molecule has 1 atom stereocenters. The molecule has 0 bridgehead atoms. The summed E-state index contributed by atoms with van der Waals surface area (Å²) in [6.45, 7) is 0.114. The second-order valence-corrected chi connectivity index (χ2v) is 9.40. The minimum atomic E-state index is -3.82. The first-order valence-corrected chi connectivity index (χ1v) is 10.6. The van der Waals surface area contributed by atoms with Gasteiger partial charge in [-0.3, -0.25) is 0 Å². The van der Waals surface area contributed by atoms with Gasteiger partial charge in [0, 0.05) is 12.0 Å². The second kappa shape index (κ2) is 6.51. The fourth-order valence-corrected chi connectivity index (χ4v) is 5.60. The first-order valence-electron chi connectivity index (χ1n) is 7.40. The van der Waals surface area contributed by atoms with Crippen molar-refractivity contribution in [3.05, 3.63) is 77.7 Å². The van der Waals surface area contributed by atoms with Crippen molar-refractivity contribution in [2.24, 2.45) is 0 Å². The summed E-state index contributed by atoms with van der Waals surface area (Å²) in [5.41, 5.74) is 0.801. The molecule has 0 aliphatic carbocycles. The highest BCUT2D eigenvalue weighted by atomic mass is 32.2. The van der Waals surface area contributed by atoms with Crippen LogP contribution < -0.4 is 0 Å². The standard InChI is InChI=1S/C17H17NO4S2/c19-23(20)12-11-16(14-23)18(13-15-7-3-1-4-8-15)24(21,22)17-9-5-2-6-10-17/h1-12,16H,13-14H2/t16-/m0/s1. The highest BCUT2D eigenvalue weighted by Gasteiger charge is 2.35. The number of sulfonamides is 1. The van der Waals surface area contributed by atoms with Gasteiger partial charge >= 0.3 is 0 Å². The lowest BCUT2D eigenvalue weighted by atomic mass is 10.2. The fourth-order valence-electron chi connectivity index (χ4n) is 2.61. The molecule has 2 aromatic carbocycles. The molecule has 0 saturated carbocycles. The molecule has 7 heteroatoms. The molecule has 0 aromatic heterocycles. The van der Waals surface area contributed by atoms with Crippen LogP contribution in [0.2, 0.25) is 0 Å². The molecule has 0 spiro atoms. The van der Waals surface area contributed by atoms with Gasteiger partial charge in [-0.15, -0.1) is 0 Å². The number of hydrogen-bond donors (Lipinski definition) is 0. The van der Waals surface area contributed by atoms with E-state index in [1.807, 2.05) is 30.3 Å². The first kappa shape index (κ1) is 16.9. The van der Waals surface area contributed by atoms with Gasteiger partial charge in [0.2, 0.25) is 10.0 Å². The van der Waals surface area contributed by atoms with Gasteiger partial charge in [-0.1, -0.05) is 54.6 Å². The SMILES string of the molecule is O=S1(=O)C=C[C@H](N(Cc2ccccc2)S(=O)(=O)c2ccccc2)C1. The summed E-state index contributed by atoms with van der Waals surface area (Å²) >= 11 is 0. The van der Waals surface area contributed by atoms with Crippen LogP contribution in [0.3, 0.4) is 0 Å². The van der Waals surface area contributed by atoms with Crippen LogP contribution in [-0.4, -0.2) is 32.9 Å². The maximum Gasteiger partial charge on any atom is 0.243 e. The molecule has 0 amide bonds. The molecule has 0 unspecified atom stereocenters. The fraction of sp³-hybridized carbons (Fsp3) is 0.176. The maximum absolute atomic E-state index is 13.0. The van der Waals surface area contributed by atoms with Crippen molar-refractivity contribution in [2.45, 2.75) is 17.5 Å². The van der Waals surface area contributed by atoms with Gasteiger partial charge in [0.1, 0.15) is 0 Å². The molecule has 1 aliphatic rings. The van der Waals surface area contributed by atoms with Crippen LogP contribution in [0, 0.1) is 0 Å². The maximum atomic E-state index is 13.0. The van der Waals surface area contributed by atoms with E-state index >= 15 is 0 Å². The minimum Gasteiger partial charge on any atom is -0.224 e. The zero-order chi connectivity index (χ0) is 17.2. The average molecular weight is 363 g/mol. The van der Waals surface area contributed by atoms with Crippen LogP contribution in [0.15, 0.2) is 77.0 Å². The van der Waals surface area contributed by atoms with Crippen molar-refractivity contribution in [1.29, 1.82) is 0 Å². The molecule has 3 rings (SSSR count). The van der Waals surface area contributed by atoms with Gasteiger partial charge in [0.25, 0.3) is 0 Å². The molecule has 0 N–H and O–H groups in total. The van der Waals surface area contributed by atoms with E-state index in [4.69, 9.17) is 0 Å². The Labute approximate surface area is 142 Å². The Morgan fingerprint density at radius 1 is 0.958 bits per heavy atom. The summed E-state index contributed by atoms with van der Waals surface area (Å²) in [6.07, 6.45) is 1.44. The van der Waals surface area contributed by atoms with Gasteiger partial charge in [-0.05, 0) is 17.7 Å². The lowest BCUT2D eigenvalue weighted by Crippen LogP contribution is -2.40. The molecular formula is C17H17NO4S2. The van der Waals surface area contributed by atoms with Crippen LogP contribution in [0.25, 0.3) is 0 Å². The zero-order valence-electron chi connectivity index (χ0n) is 12.8. The van der Waals surface area contributed by atoms with E-state index in [1.54, 1.807) is 18.2 Å². The summed E-state index contributed by atoms with van der Waals surface area (Å²) in [4.78, 5) is 0.152. The normalized spacial score (nSPS) is 19.6. The predicted molar refractivity (Wildman–Crippen MR) is 92.3 cm³/mol. The van der Waals surface area contributed by atoms with Crippen molar-refractivity contribution in [3.63, 3.8) is 0 Å². The van der Waals surface area contributed by atoms with Gasteiger partial charge in [-0.25, -0.2) is 16.8 Å². The summed E-state index contributed by atoms with van der Waals surface area (Å²) in [6, 6.07) is 16.5. The molecule has 2 aromatic rings. The molecule has 1 heterocycles. The summed E-state index contributed by atoms with van der Waals surface area (Å²) in [5.74, 6) is -0.230. The Morgan fingerprint density at radius 2 is 1.54 bits per heavy atom. The summed E-state index contributed by atoms with van der Waals surface area (Å²) < 4.78 is 50.8. The average Bonchev–Trinajstić information content (AvgIpc) is 2.94. The number of hydrogen-bond acceptors (Lipinski definition) is 4. The van der Waals surface area contributed by atoms with Gasteiger partial charge in [-0.2, -0.15) is 4.31 Å². The van der Waals surface area contributed by atoms with Gasteiger partial charge in [0.15, 0.2) is 9.84 Å². The third kappa shape index (κ3) is 3.58. The number of sulfone groups is 1. The number of rotatable bonds is 5. The van der Waals surface area contributed by atoms with E-state index in [-0.39, 0.29) is 17.2 Å². The molecule has 0 fully saturated rings. The lowest BCUT2D eigenvalue weighted by Gasteiger charge is -2.26. The highest BCUT2D eigenvalue weighted by Crippen LogP contribution is 2.25. The predicted octanol–water partition coefficient (Wildman–Crippen LogP) is 2.19. The molecule has 24 heavy (non-hydrogen) atoms. The van der Waals surface area contributed by atoms with Crippen molar-refractivity contribution in [2.75, 3.05) is 5.75 Å². The van der Waals surface area contributed by atoms with Crippen LogP contribution in [-0.2, 0) is 26.4 Å². The molecule has 0 radical (unpaired) electrons. The summed E-state index contributed by atoms with van der Waals surface area (Å²) in [7, 11) is -7.18. The third-order valence-electron chi connectivity index (χ3n) is 3.81. The van der Waals surface area contributed by atoms with Crippen LogP contribution in [0.1, 0.15) is 5.56 Å². The van der Waals surface area contributed by atoms with Crippen LogP contribution in [0.4, 0.5) is 0 Å². The molecule has 1 aliphatic heterocycles. The third-order valence-corrected chi connectivity index (χ3v) is 7.08. The van der Waals surface area contributed by atoms with Gasteiger partial charge in [0.05, 0.1) is 16.7 Å². The second-order valence-electron chi connectivity index (χ2n) is 5.57. The Hall–Kier alpha value is -1.96. The van der Waals surface area contributed by atoms with Crippen molar-refractivity contribution >= 4 is 19.9 Å². The Morgan fingerprint density at radius 3 is 2.08 bits per heavy atom. The lowest BCUT2D eigenvalue weighted by molar-refractivity contribution is 0.375. The van der Waals surface area contributed by atoms with E-state index in [2.05, 4.69) is 0 Å². The topological polar surface area (TPSA) is 71.5 Å². The zero-order valence-corrected chi connectivity index (χ0v) is 14.4. The molecule has 0 saturated heterocycles. The van der Waals surface area contributed by atoms with E-state index in [0.29, 0.717) is 0 Å². The first-order chi connectivity index (χ1) is 11.4. The monoisotopic (exact) mass is 363 g/mol. The van der Waals surface area contributed by atoms with E-state index in [0.717, 1.165) is 11.0 Å². The summed E-state index contributed by atoms with van der Waals surface area (Å²) in [5, 5.41) is 1.09. The molecular weight excluding hydrogens is 346 g/mol. The van der Waals surface area contributed by atoms with E-state index < -0.39 is 25.9 Å². The Kier molecular flexibility index (Phi) is 4.58. The highest BCUT2D eigenvalue weighted by molar-refractivity contribution is 7.94. The van der Waals surface area contributed by atoms with E-state index in [9.17, 15) is 16.8 Å². The van der Waals surface area contributed by atoms with E-state index in [1.165, 1.54) is 22.5 Å². The van der Waals surface area contributed by atoms with Crippen LogP contribution in [0.5, 0.6) is 0 Å². The van der Waals surface area contributed by atoms with Crippen molar-refractivity contribution in [3.8, 4) is 0 Å². The largest absolute Gasteiger partial charge is 0.243 e. The number of nitrogens with zero attached hydrogens (tertiary/aromatic N) is 1. The van der Waals surface area contributed by atoms with Crippen LogP contribution >= 0.6 is 0 Å². The smallest absolute Gasteiger partial charge is 0.224 e. The van der Waals surface area contributed by atoms with Crippen molar-refractivity contribution in [1.82, 2.24) is 4.31 Å². The Bertz CT molecular complexity index is 937. The minimum absolute atomic E-state index is 0.114. The molecule has 126 valence electrons. The Balaban J connectivity index is 2.01. The molecule has 5 nitrogen and oxygen atoms in total. The quantitative estimate of drug-likeness (QED) is 0.816. The van der Waals surface area contributed by atoms with Gasteiger partial charge < -0.3 is 0 Å².